The molecule has 2 aliphatic heterocycles. The summed E-state index contributed by atoms with van der Waals surface area (Å²) in [5, 5.41) is 8.08. The summed E-state index contributed by atoms with van der Waals surface area (Å²) in [4.78, 5) is 17.0. The highest BCUT2D eigenvalue weighted by Gasteiger charge is 2.32. The van der Waals surface area contributed by atoms with Gasteiger partial charge in [-0.05, 0) is 37.1 Å². The molecule has 0 radical (unpaired) electrons. The lowest BCUT2D eigenvalue weighted by molar-refractivity contribution is 0.0185. The van der Waals surface area contributed by atoms with Crippen molar-refractivity contribution in [1.29, 1.82) is 0 Å². The molecule has 2 aromatic rings. The van der Waals surface area contributed by atoms with E-state index in [2.05, 4.69) is 15.2 Å². The molecule has 0 saturated carbocycles. The fourth-order valence-electron chi connectivity index (χ4n) is 3.68. The maximum atomic E-state index is 13.3. The largest absolute Gasteiger partial charge is 0.379 e. The first kappa shape index (κ1) is 17.1. The Morgan fingerprint density at radius 2 is 2.08 bits per heavy atom. The van der Waals surface area contributed by atoms with E-state index in [1.54, 1.807) is 19.2 Å². The first-order valence-corrected chi connectivity index (χ1v) is 8.92. The number of aryl methyl sites for hydroxylation is 1. The molecular formula is C18H22FN5O2. The standard InChI is InChI=1S/C18H22FN5O2/c1-13-10-14(19)2-3-17(13)24-12-16(20-21-24)18(25)23-5-4-15(11-23)22-6-8-26-9-7-22/h2-3,10,12,15H,4-9,11H2,1H3/t15-/m0/s1. The number of ether oxygens (including phenoxy) is 1. The molecule has 0 aliphatic carbocycles. The fraction of sp³-hybridized carbons (Fsp3) is 0.500. The number of carbonyl (C=O) groups excluding carboxylic acids is 1. The van der Waals surface area contributed by atoms with Gasteiger partial charge in [0.25, 0.3) is 5.91 Å². The van der Waals surface area contributed by atoms with Crippen LogP contribution in [0.4, 0.5) is 4.39 Å². The van der Waals surface area contributed by atoms with Crippen LogP contribution in [0.15, 0.2) is 24.4 Å². The number of amides is 1. The Bertz CT molecular complexity index is 803. The van der Waals surface area contributed by atoms with Gasteiger partial charge in [0.2, 0.25) is 0 Å². The second kappa shape index (κ2) is 7.13. The summed E-state index contributed by atoms with van der Waals surface area (Å²) in [5.41, 5.74) is 1.77. The first-order valence-electron chi connectivity index (χ1n) is 8.92. The molecule has 0 N–H and O–H groups in total. The molecular weight excluding hydrogens is 337 g/mol. The van der Waals surface area contributed by atoms with E-state index in [4.69, 9.17) is 4.74 Å². The highest BCUT2D eigenvalue weighted by molar-refractivity contribution is 5.92. The van der Waals surface area contributed by atoms with Crippen LogP contribution in [0, 0.1) is 12.7 Å². The van der Waals surface area contributed by atoms with Crippen LogP contribution in [0.1, 0.15) is 22.5 Å². The molecule has 2 aliphatic rings. The van der Waals surface area contributed by atoms with Crippen molar-refractivity contribution in [3.8, 4) is 5.69 Å². The van der Waals surface area contributed by atoms with Gasteiger partial charge in [0, 0.05) is 32.2 Å². The summed E-state index contributed by atoms with van der Waals surface area (Å²) in [5.74, 6) is -0.402. The normalized spacial score (nSPS) is 21.3. The Labute approximate surface area is 151 Å². The zero-order valence-corrected chi connectivity index (χ0v) is 14.8. The third-order valence-corrected chi connectivity index (χ3v) is 5.13. The number of hydrogen-bond acceptors (Lipinski definition) is 5. The molecule has 0 spiro atoms. The van der Waals surface area contributed by atoms with Gasteiger partial charge in [0.15, 0.2) is 5.69 Å². The Balaban J connectivity index is 1.45. The number of nitrogens with zero attached hydrogens (tertiary/aromatic N) is 5. The van der Waals surface area contributed by atoms with Crippen molar-refractivity contribution in [2.24, 2.45) is 0 Å². The lowest BCUT2D eigenvalue weighted by atomic mass is 10.2. The third kappa shape index (κ3) is 3.34. The van der Waals surface area contributed by atoms with Gasteiger partial charge < -0.3 is 9.64 Å². The van der Waals surface area contributed by atoms with Gasteiger partial charge in [-0.25, -0.2) is 9.07 Å². The van der Waals surface area contributed by atoms with E-state index in [0.29, 0.717) is 24.0 Å². The zero-order valence-electron chi connectivity index (χ0n) is 14.8. The van der Waals surface area contributed by atoms with E-state index in [1.807, 2.05) is 4.90 Å². The number of halogens is 1. The van der Waals surface area contributed by atoms with Gasteiger partial charge in [-0.15, -0.1) is 5.10 Å². The average molecular weight is 359 g/mol. The van der Waals surface area contributed by atoms with Gasteiger partial charge in [-0.3, -0.25) is 9.69 Å². The molecule has 3 heterocycles. The fourth-order valence-corrected chi connectivity index (χ4v) is 3.68. The van der Waals surface area contributed by atoms with Crippen molar-refractivity contribution in [3.63, 3.8) is 0 Å². The van der Waals surface area contributed by atoms with Crippen molar-refractivity contribution in [2.75, 3.05) is 39.4 Å². The molecule has 7 nitrogen and oxygen atoms in total. The molecule has 1 aromatic heterocycles. The molecule has 138 valence electrons. The Morgan fingerprint density at radius 3 is 2.85 bits per heavy atom. The van der Waals surface area contributed by atoms with Crippen LogP contribution >= 0.6 is 0 Å². The van der Waals surface area contributed by atoms with Crippen LogP contribution in [0.3, 0.4) is 0 Å². The smallest absolute Gasteiger partial charge is 0.276 e. The predicted octanol–water partition coefficient (Wildman–Crippen LogP) is 1.26. The van der Waals surface area contributed by atoms with Crippen molar-refractivity contribution in [3.05, 3.63) is 41.5 Å². The number of benzene rings is 1. The number of likely N-dealkylation sites (tertiary alicyclic amines) is 1. The SMILES string of the molecule is Cc1cc(F)ccc1-n1cc(C(=O)N2CC[C@H](N3CCOCC3)C2)nn1. The van der Waals surface area contributed by atoms with Crippen LogP contribution in [0.5, 0.6) is 0 Å². The maximum Gasteiger partial charge on any atom is 0.276 e. The van der Waals surface area contributed by atoms with E-state index in [-0.39, 0.29) is 11.7 Å². The summed E-state index contributed by atoms with van der Waals surface area (Å²) < 4.78 is 20.2. The van der Waals surface area contributed by atoms with Gasteiger partial charge in [-0.2, -0.15) is 0 Å². The van der Waals surface area contributed by atoms with Crippen molar-refractivity contribution in [1.82, 2.24) is 24.8 Å². The Hall–Kier alpha value is -2.32. The maximum absolute atomic E-state index is 13.3. The van der Waals surface area contributed by atoms with E-state index in [0.717, 1.165) is 44.8 Å². The molecule has 1 atom stereocenters. The van der Waals surface area contributed by atoms with E-state index >= 15 is 0 Å². The highest BCUT2D eigenvalue weighted by atomic mass is 19.1. The molecule has 2 fully saturated rings. The van der Waals surface area contributed by atoms with E-state index in [1.165, 1.54) is 16.8 Å². The van der Waals surface area contributed by atoms with Crippen LogP contribution in [-0.4, -0.2) is 76.1 Å². The van der Waals surface area contributed by atoms with Crippen molar-refractivity contribution in [2.45, 2.75) is 19.4 Å². The molecule has 26 heavy (non-hydrogen) atoms. The lowest BCUT2D eigenvalue weighted by Crippen LogP contribution is -2.45. The molecule has 0 bridgehead atoms. The van der Waals surface area contributed by atoms with Crippen LogP contribution in [0.25, 0.3) is 5.69 Å². The second-order valence-corrected chi connectivity index (χ2v) is 6.82. The molecule has 1 amide bonds. The van der Waals surface area contributed by atoms with Crippen LogP contribution in [0.2, 0.25) is 0 Å². The number of rotatable bonds is 3. The van der Waals surface area contributed by atoms with Gasteiger partial charge in [0.05, 0.1) is 25.1 Å². The predicted molar refractivity (Wildman–Crippen MR) is 92.8 cm³/mol. The summed E-state index contributed by atoms with van der Waals surface area (Å²) in [6.07, 6.45) is 2.58. The first-order chi connectivity index (χ1) is 12.6. The van der Waals surface area contributed by atoms with Gasteiger partial charge in [-0.1, -0.05) is 5.21 Å². The summed E-state index contributed by atoms with van der Waals surface area (Å²) in [6, 6.07) is 4.83. The quantitative estimate of drug-likeness (QED) is 0.826. The average Bonchev–Trinajstić information content (AvgIpc) is 3.32. The molecule has 4 rings (SSSR count). The molecule has 8 heteroatoms. The minimum absolute atomic E-state index is 0.105. The number of aromatic nitrogens is 3. The van der Waals surface area contributed by atoms with Crippen LogP contribution in [-0.2, 0) is 4.74 Å². The van der Waals surface area contributed by atoms with Gasteiger partial charge >= 0.3 is 0 Å². The number of morpholine rings is 1. The van der Waals surface area contributed by atoms with Crippen molar-refractivity contribution < 1.29 is 13.9 Å². The molecule has 1 aromatic carbocycles. The van der Waals surface area contributed by atoms with Gasteiger partial charge in [0.1, 0.15) is 5.82 Å². The molecule has 2 saturated heterocycles. The van der Waals surface area contributed by atoms with Crippen LogP contribution < -0.4 is 0 Å². The van der Waals surface area contributed by atoms with E-state index < -0.39 is 0 Å². The Morgan fingerprint density at radius 1 is 1.27 bits per heavy atom. The number of carbonyl (C=O) groups is 1. The lowest BCUT2D eigenvalue weighted by Gasteiger charge is -2.31. The topological polar surface area (TPSA) is 63.5 Å². The van der Waals surface area contributed by atoms with Crippen molar-refractivity contribution >= 4 is 5.91 Å². The third-order valence-electron chi connectivity index (χ3n) is 5.13. The summed E-state index contributed by atoms with van der Waals surface area (Å²) >= 11 is 0. The minimum Gasteiger partial charge on any atom is -0.379 e. The van der Waals surface area contributed by atoms with E-state index in [9.17, 15) is 9.18 Å². The monoisotopic (exact) mass is 359 g/mol. The minimum atomic E-state index is -0.297. The number of hydrogen-bond donors (Lipinski definition) is 0. The second-order valence-electron chi connectivity index (χ2n) is 6.82. The summed E-state index contributed by atoms with van der Waals surface area (Å²) in [6.45, 7) is 6.60. The summed E-state index contributed by atoms with van der Waals surface area (Å²) in [7, 11) is 0. The molecule has 0 unspecified atom stereocenters. The Kier molecular flexibility index (Phi) is 4.69. The highest BCUT2D eigenvalue weighted by Crippen LogP contribution is 2.19. The zero-order chi connectivity index (χ0) is 18.1.